The van der Waals surface area contributed by atoms with Crippen molar-refractivity contribution in [3.05, 3.63) is 22.7 Å². The number of carboxylic acid groups (broad SMARTS) is 1. The zero-order valence-electron chi connectivity index (χ0n) is 9.67. The fraction of sp³-hybridized carbons (Fsp3) is 0.545. The smallest absolute Gasteiger partial charge is 0.308 e. The second-order valence-corrected chi connectivity index (χ2v) is 4.29. The molecule has 0 unspecified atom stereocenters. The molecule has 1 aliphatic rings. The Balaban J connectivity index is 2.25. The maximum absolute atomic E-state index is 11.9. The largest absolute Gasteiger partial charge is 0.481 e. The number of carboxylic acids is 1. The molecule has 0 aliphatic carbocycles. The third-order valence-electron chi connectivity index (χ3n) is 3.07. The quantitative estimate of drug-likeness (QED) is 0.788. The van der Waals surface area contributed by atoms with E-state index in [9.17, 15) is 9.59 Å². The lowest BCUT2D eigenvalue weighted by atomic mass is 9.98. The third kappa shape index (κ3) is 2.30. The Morgan fingerprint density at radius 2 is 2.35 bits per heavy atom. The van der Waals surface area contributed by atoms with Crippen LogP contribution in [0.25, 0.3) is 0 Å². The molecular weight excluding hydrogens is 222 g/mol. The topological polar surface area (TPSA) is 75.4 Å². The summed E-state index contributed by atoms with van der Waals surface area (Å²) in [6.07, 6.45) is 4.58. The predicted molar refractivity (Wildman–Crippen MR) is 62.1 cm³/mol. The van der Waals surface area contributed by atoms with Gasteiger partial charge in [-0.25, -0.2) is 4.98 Å². The van der Waals surface area contributed by atoms with Gasteiger partial charge in [-0.3, -0.25) is 9.59 Å². The van der Waals surface area contributed by atoms with Gasteiger partial charge in [0, 0.05) is 32.5 Å². The first-order valence-corrected chi connectivity index (χ1v) is 5.59. The van der Waals surface area contributed by atoms with Gasteiger partial charge in [-0.1, -0.05) is 0 Å². The normalized spacial score (nSPS) is 20.3. The van der Waals surface area contributed by atoms with Gasteiger partial charge in [-0.05, 0) is 12.8 Å². The highest BCUT2D eigenvalue weighted by atomic mass is 16.4. The summed E-state index contributed by atoms with van der Waals surface area (Å²) < 4.78 is 1.45. The minimum absolute atomic E-state index is 0.182. The first kappa shape index (κ1) is 11.6. The maximum atomic E-state index is 11.9. The van der Waals surface area contributed by atoms with Gasteiger partial charge in [0.15, 0.2) is 5.82 Å². The summed E-state index contributed by atoms with van der Waals surface area (Å²) in [4.78, 5) is 28.6. The van der Waals surface area contributed by atoms with Gasteiger partial charge < -0.3 is 14.6 Å². The van der Waals surface area contributed by atoms with Crippen LogP contribution in [0.1, 0.15) is 12.8 Å². The number of rotatable bonds is 2. The third-order valence-corrected chi connectivity index (χ3v) is 3.07. The molecule has 1 fully saturated rings. The first-order chi connectivity index (χ1) is 8.09. The molecule has 1 aliphatic heterocycles. The van der Waals surface area contributed by atoms with Crippen LogP contribution in [0.4, 0.5) is 5.82 Å². The van der Waals surface area contributed by atoms with E-state index in [0.717, 1.165) is 6.42 Å². The van der Waals surface area contributed by atoms with Crippen molar-refractivity contribution >= 4 is 11.8 Å². The van der Waals surface area contributed by atoms with Crippen molar-refractivity contribution in [2.45, 2.75) is 12.8 Å². The van der Waals surface area contributed by atoms with Gasteiger partial charge >= 0.3 is 5.97 Å². The minimum atomic E-state index is -0.803. The SMILES string of the molecule is Cn1ccnc(N2CCC[C@H](C(=O)O)C2)c1=O. The number of aliphatic carboxylic acids is 1. The molecule has 92 valence electrons. The van der Waals surface area contributed by atoms with Crippen LogP contribution in [0.2, 0.25) is 0 Å². The number of hydrogen-bond acceptors (Lipinski definition) is 4. The summed E-state index contributed by atoms with van der Waals surface area (Å²) in [5.74, 6) is -0.862. The van der Waals surface area contributed by atoms with Gasteiger partial charge in [0.1, 0.15) is 0 Å². The van der Waals surface area contributed by atoms with Crippen LogP contribution in [-0.2, 0) is 11.8 Å². The molecule has 0 radical (unpaired) electrons. The van der Waals surface area contributed by atoms with E-state index in [0.29, 0.717) is 25.3 Å². The van der Waals surface area contributed by atoms with Gasteiger partial charge in [0.2, 0.25) is 0 Å². The Labute approximate surface area is 98.5 Å². The highest BCUT2D eigenvalue weighted by Gasteiger charge is 2.27. The fourth-order valence-corrected chi connectivity index (χ4v) is 2.07. The number of piperidine rings is 1. The molecule has 1 aromatic heterocycles. The van der Waals surface area contributed by atoms with E-state index in [1.807, 2.05) is 0 Å². The number of nitrogens with zero attached hydrogens (tertiary/aromatic N) is 3. The van der Waals surface area contributed by atoms with E-state index in [1.54, 1.807) is 24.3 Å². The summed E-state index contributed by atoms with van der Waals surface area (Å²) >= 11 is 0. The summed E-state index contributed by atoms with van der Waals surface area (Å²) in [6.45, 7) is 1.05. The number of hydrogen-bond donors (Lipinski definition) is 1. The highest BCUT2D eigenvalue weighted by Crippen LogP contribution is 2.19. The molecule has 1 N–H and O–H groups in total. The molecule has 0 spiro atoms. The van der Waals surface area contributed by atoms with Crippen LogP contribution in [0.15, 0.2) is 17.2 Å². The van der Waals surface area contributed by atoms with Crippen molar-refractivity contribution in [3.8, 4) is 0 Å². The fourth-order valence-electron chi connectivity index (χ4n) is 2.07. The molecular formula is C11H15N3O3. The van der Waals surface area contributed by atoms with Gasteiger partial charge in [-0.2, -0.15) is 0 Å². The maximum Gasteiger partial charge on any atom is 0.308 e. The molecule has 0 saturated carbocycles. The Bertz CT molecular complexity index is 483. The Morgan fingerprint density at radius 3 is 3.06 bits per heavy atom. The van der Waals surface area contributed by atoms with E-state index >= 15 is 0 Å². The monoisotopic (exact) mass is 237 g/mol. The Kier molecular flexibility index (Phi) is 3.12. The van der Waals surface area contributed by atoms with Crippen molar-refractivity contribution in [1.29, 1.82) is 0 Å². The standard InChI is InChI=1S/C11H15N3O3/c1-13-6-4-12-9(10(13)15)14-5-2-3-8(7-14)11(16)17/h4,6,8H,2-3,5,7H2,1H3,(H,16,17)/t8-/m0/s1. The van der Waals surface area contributed by atoms with Crippen molar-refractivity contribution < 1.29 is 9.90 Å². The van der Waals surface area contributed by atoms with Gasteiger partial charge in [0.05, 0.1) is 5.92 Å². The minimum Gasteiger partial charge on any atom is -0.481 e. The van der Waals surface area contributed by atoms with Crippen LogP contribution < -0.4 is 10.5 Å². The molecule has 17 heavy (non-hydrogen) atoms. The van der Waals surface area contributed by atoms with Crippen molar-refractivity contribution in [2.24, 2.45) is 13.0 Å². The summed E-state index contributed by atoms with van der Waals surface area (Å²) in [5.41, 5.74) is -0.182. The zero-order valence-corrected chi connectivity index (χ0v) is 9.67. The molecule has 6 heteroatoms. The van der Waals surface area contributed by atoms with E-state index < -0.39 is 11.9 Å². The van der Waals surface area contributed by atoms with Crippen molar-refractivity contribution in [3.63, 3.8) is 0 Å². The zero-order chi connectivity index (χ0) is 12.4. The predicted octanol–water partition coefficient (Wildman–Crippen LogP) is 0.0813. The molecule has 1 atom stereocenters. The molecule has 2 rings (SSSR count). The van der Waals surface area contributed by atoms with Crippen molar-refractivity contribution in [1.82, 2.24) is 9.55 Å². The number of carbonyl (C=O) groups is 1. The average molecular weight is 237 g/mol. The molecule has 1 aromatic rings. The van der Waals surface area contributed by atoms with Crippen LogP contribution in [0.3, 0.4) is 0 Å². The van der Waals surface area contributed by atoms with Crippen LogP contribution >= 0.6 is 0 Å². The summed E-state index contributed by atoms with van der Waals surface area (Å²) in [6, 6.07) is 0. The molecule has 0 amide bonds. The lowest BCUT2D eigenvalue weighted by Crippen LogP contribution is -2.42. The Morgan fingerprint density at radius 1 is 1.59 bits per heavy atom. The van der Waals surface area contributed by atoms with Crippen LogP contribution in [0, 0.1) is 5.92 Å². The molecule has 0 aromatic carbocycles. The van der Waals surface area contributed by atoms with Crippen LogP contribution in [0.5, 0.6) is 0 Å². The second kappa shape index (κ2) is 4.57. The van der Waals surface area contributed by atoms with E-state index in [-0.39, 0.29) is 5.56 Å². The summed E-state index contributed by atoms with van der Waals surface area (Å²) in [7, 11) is 1.66. The van der Waals surface area contributed by atoms with Gasteiger partial charge in [-0.15, -0.1) is 0 Å². The number of aromatic nitrogens is 2. The second-order valence-electron chi connectivity index (χ2n) is 4.29. The number of anilines is 1. The van der Waals surface area contributed by atoms with Crippen molar-refractivity contribution in [2.75, 3.05) is 18.0 Å². The van der Waals surface area contributed by atoms with E-state index in [4.69, 9.17) is 5.11 Å². The molecule has 1 saturated heterocycles. The molecule has 2 heterocycles. The highest BCUT2D eigenvalue weighted by molar-refractivity contribution is 5.71. The van der Waals surface area contributed by atoms with E-state index in [2.05, 4.69) is 4.98 Å². The lowest BCUT2D eigenvalue weighted by Gasteiger charge is -2.31. The van der Waals surface area contributed by atoms with E-state index in [1.165, 1.54) is 4.57 Å². The molecule has 0 bridgehead atoms. The summed E-state index contributed by atoms with van der Waals surface area (Å²) in [5, 5.41) is 9.00. The van der Waals surface area contributed by atoms with Crippen LogP contribution in [-0.4, -0.2) is 33.7 Å². The van der Waals surface area contributed by atoms with Gasteiger partial charge in [0.25, 0.3) is 5.56 Å². The lowest BCUT2D eigenvalue weighted by molar-refractivity contribution is -0.141. The number of aryl methyl sites for hydroxylation is 1. The average Bonchev–Trinajstić information content (AvgIpc) is 2.33. The molecule has 6 nitrogen and oxygen atoms in total. The first-order valence-electron chi connectivity index (χ1n) is 5.59. The Hall–Kier alpha value is -1.85.